The van der Waals surface area contributed by atoms with Gasteiger partial charge in [0.1, 0.15) is 11.5 Å². The number of aromatic nitrogens is 5. The Morgan fingerprint density at radius 1 is 1.00 bits per heavy atom. The number of rotatable bonds is 9. The molecule has 0 aliphatic carbocycles. The Hall–Kier alpha value is -4.15. The van der Waals surface area contributed by atoms with Gasteiger partial charge in [0.25, 0.3) is 5.56 Å². The first-order valence-electron chi connectivity index (χ1n) is 12.5. The molecule has 1 amide bonds. The van der Waals surface area contributed by atoms with Crippen molar-refractivity contribution in [2.45, 2.75) is 18.5 Å². The van der Waals surface area contributed by atoms with Crippen LogP contribution in [0, 0.1) is 12.7 Å². The van der Waals surface area contributed by atoms with Crippen LogP contribution in [0.25, 0.3) is 22.8 Å². The Labute approximate surface area is 239 Å². The Morgan fingerprint density at radius 2 is 1.70 bits per heavy atom. The van der Waals surface area contributed by atoms with Gasteiger partial charge in [-0.3, -0.25) is 18.8 Å². The van der Waals surface area contributed by atoms with Crippen molar-refractivity contribution in [2.75, 3.05) is 12.3 Å². The quantitative estimate of drug-likeness (QED) is 0.250. The molecule has 3 aromatic carbocycles. The van der Waals surface area contributed by atoms with Gasteiger partial charge in [-0.25, -0.2) is 9.07 Å². The fourth-order valence-corrected chi connectivity index (χ4v) is 5.36. The van der Waals surface area contributed by atoms with Crippen molar-refractivity contribution in [1.29, 1.82) is 0 Å². The molecule has 5 rings (SSSR count). The van der Waals surface area contributed by atoms with Crippen molar-refractivity contribution < 1.29 is 9.18 Å². The predicted molar refractivity (Wildman–Crippen MR) is 155 cm³/mol. The van der Waals surface area contributed by atoms with Gasteiger partial charge in [0.15, 0.2) is 11.0 Å². The average Bonchev–Trinajstić information content (AvgIpc) is 3.46. The monoisotopic (exact) mass is 576 g/mol. The zero-order chi connectivity index (χ0) is 28.2. The largest absolute Gasteiger partial charge is 0.355 e. The minimum absolute atomic E-state index is 0.0584. The third kappa shape index (κ3) is 5.59. The van der Waals surface area contributed by atoms with Crippen molar-refractivity contribution >= 4 is 29.3 Å². The standard InChI is InChI=1S/C29H26ClFN6O2S/c1-19-26(28(39)37(35(19)2)22-8-4-3-5-9-22)36-27(23-10-6-7-11-24(23)30)33-34-29(36)40-18-25(38)32-17-16-20-12-14-21(31)15-13-20/h3-15H,16-18H2,1-2H3,(H,32,38). The number of nitrogens with zero attached hydrogens (tertiary/aromatic N) is 5. The highest BCUT2D eigenvalue weighted by molar-refractivity contribution is 7.99. The minimum Gasteiger partial charge on any atom is -0.355 e. The lowest BCUT2D eigenvalue weighted by Gasteiger charge is -2.10. The number of carbonyl (C=O) groups excluding carboxylic acids is 1. The molecule has 8 nitrogen and oxygen atoms in total. The molecule has 0 bridgehead atoms. The molecule has 2 aromatic heterocycles. The molecule has 1 N–H and O–H groups in total. The molecule has 0 aliphatic heterocycles. The van der Waals surface area contributed by atoms with Crippen LogP contribution in [-0.4, -0.2) is 42.3 Å². The number of carbonyl (C=O) groups is 1. The maximum absolute atomic E-state index is 13.9. The molecular formula is C29H26ClFN6O2S. The van der Waals surface area contributed by atoms with E-state index in [9.17, 15) is 14.0 Å². The van der Waals surface area contributed by atoms with Gasteiger partial charge in [0, 0.05) is 19.2 Å². The summed E-state index contributed by atoms with van der Waals surface area (Å²) in [5.41, 5.74) is 3.04. The molecule has 11 heteroatoms. The van der Waals surface area contributed by atoms with Crippen LogP contribution in [-0.2, 0) is 18.3 Å². The highest BCUT2D eigenvalue weighted by Gasteiger charge is 2.26. The highest BCUT2D eigenvalue weighted by Crippen LogP contribution is 2.32. The summed E-state index contributed by atoms with van der Waals surface area (Å²) in [6.07, 6.45) is 0.575. The third-order valence-electron chi connectivity index (χ3n) is 6.48. The fourth-order valence-electron chi connectivity index (χ4n) is 4.37. The fraction of sp³-hybridized carbons (Fsp3) is 0.172. The molecule has 0 fully saturated rings. The summed E-state index contributed by atoms with van der Waals surface area (Å²) >= 11 is 7.70. The summed E-state index contributed by atoms with van der Waals surface area (Å²) in [6, 6.07) is 22.7. The smallest absolute Gasteiger partial charge is 0.296 e. The first-order valence-corrected chi connectivity index (χ1v) is 13.9. The number of hydrogen-bond donors (Lipinski definition) is 1. The second-order valence-corrected chi connectivity index (χ2v) is 10.4. The van der Waals surface area contributed by atoms with Crippen molar-refractivity contribution in [3.05, 3.63) is 111 Å². The van der Waals surface area contributed by atoms with Crippen LogP contribution in [0.5, 0.6) is 0 Å². The number of nitrogens with one attached hydrogen (secondary N) is 1. The van der Waals surface area contributed by atoms with E-state index < -0.39 is 0 Å². The van der Waals surface area contributed by atoms with Gasteiger partial charge in [-0.2, -0.15) is 0 Å². The Morgan fingerprint density at radius 3 is 2.42 bits per heavy atom. The van der Waals surface area contributed by atoms with Crippen molar-refractivity contribution in [2.24, 2.45) is 7.05 Å². The van der Waals surface area contributed by atoms with Crippen LogP contribution in [0.3, 0.4) is 0 Å². The van der Waals surface area contributed by atoms with Gasteiger partial charge in [0.05, 0.1) is 22.2 Å². The van der Waals surface area contributed by atoms with Crippen molar-refractivity contribution in [1.82, 2.24) is 29.4 Å². The number of thioether (sulfide) groups is 1. The van der Waals surface area contributed by atoms with E-state index in [0.29, 0.717) is 51.6 Å². The SMILES string of the molecule is Cc1c(-n2c(SCC(=O)NCCc3ccc(F)cc3)nnc2-c2ccccc2Cl)c(=O)n(-c2ccccc2)n1C. The van der Waals surface area contributed by atoms with Gasteiger partial charge in [-0.1, -0.05) is 65.8 Å². The molecule has 0 aliphatic rings. The third-order valence-corrected chi connectivity index (χ3v) is 7.74. The maximum Gasteiger partial charge on any atom is 0.296 e. The van der Waals surface area contributed by atoms with Gasteiger partial charge in [-0.05, 0) is 55.3 Å². The van der Waals surface area contributed by atoms with Crippen LogP contribution in [0.15, 0.2) is 88.8 Å². The second-order valence-electron chi connectivity index (χ2n) is 9.05. The molecule has 0 saturated heterocycles. The summed E-state index contributed by atoms with van der Waals surface area (Å²) < 4.78 is 18.2. The summed E-state index contributed by atoms with van der Waals surface area (Å²) in [6.45, 7) is 2.26. The van der Waals surface area contributed by atoms with E-state index >= 15 is 0 Å². The summed E-state index contributed by atoms with van der Waals surface area (Å²) in [7, 11) is 1.81. The molecule has 0 saturated carbocycles. The minimum atomic E-state index is -0.298. The molecule has 204 valence electrons. The number of para-hydroxylation sites is 1. The van der Waals surface area contributed by atoms with E-state index in [0.717, 1.165) is 5.56 Å². The summed E-state index contributed by atoms with van der Waals surface area (Å²) in [5.74, 6) is -0.0417. The van der Waals surface area contributed by atoms with Gasteiger partial charge >= 0.3 is 0 Å². The van der Waals surface area contributed by atoms with Crippen LogP contribution in [0.1, 0.15) is 11.3 Å². The maximum atomic E-state index is 13.9. The first kappa shape index (κ1) is 27.4. The number of hydrogen-bond acceptors (Lipinski definition) is 5. The highest BCUT2D eigenvalue weighted by atomic mass is 35.5. The van der Waals surface area contributed by atoms with E-state index in [-0.39, 0.29) is 23.0 Å². The van der Waals surface area contributed by atoms with E-state index in [2.05, 4.69) is 15.5 Å². The van der Waals surface area contributed by atoms with E-state index in [1.54, 1.807) is 32.1 Å². The Balaban J connectivity index is 1.46. The second kappa shape index (κ2) is 11.9. The predicted octanol–water partition coefficient (Wildman–Crippen LogP) is 4.98. The van der Waals surface area contributed by atoms with Crippen molar-refractivity contribution in [3.8, 4) is 22.8 Å². The van der Waals surface area contributed by atoms with Crippen LogP contribution < -0.4 is 10.9 Å². The van der Waals surface area contributed by atoms with Crippen molar-refractivity contribution in [3.63, 3.8) is 0 Å². The van der Waals surface area contributed by atoms with Gasteiger partial charge in [0.2, 0.25) is 5.91 Å². The number of benzene rings is 3. The number of amides is 1. The van der Waals surface area contributed by atoms with E-state index in [1.165, 1.54) is 23.9 Å². The van der Waals surface area contributed by atoms with E-state index in [4.69, 9.17) is 11.6 Å². The summed E-state index contributed by atoms with van der Waals surface area (Å²) in [4.78, 5) is 26.6. The zero-order valence-electron chi connectivity index (χ0n) is 21.8. The van der Waals surface area contributed by atoms with Crippen LogP contribution >= 0.6 is 23.4 Å². The zero-order valence-corrected chi connectivity index (χ0v) is 23.4. The molecule has 0 atom stereocenters. The molecule has 0 radical (unpaired) electrons. The lowest BCUT2D eigenvalue weighted by molar-refractivity contribution is -0.118. The molecule has 0 spiro atoms. The Bertz CT molecular complexity index is 1710. The van der Waals surface area contributed by atoms with Crippen LogP contribution in [0.4, 0.5) is 4.39 Å². The lowest BCUT2D eigenvalue weighted by Crippen LogP contribution is -2.27. The number of halogens is 2. The van der Waals surface area contributed by atoms with E-state index in [1.807, 2.05) is 62.5 Å². The average molecular weight is 577 g/mol. The molecule has 40 heavy (non-hydrogen) atoms. The lowest BCUT2D eigenvalue weighted by atomic mass is 10.1. The normalized spacial score (nSPS) is 11.1. The topological polar surface area (TPSA) is 86.7 Å². The first-order chi connectivity index (χ1) is 19.3. The van der Waals surface area contributed by atoms with Crippen LogP contribution in [0.2, 0.25) is 5.02 Å². The Kier molecular flexibility index (Phi) is 8.18. The van der Waals surface area contributed by atoms with Gasteiger partial charge in [-0.15, -0.1) is 10.2 Å². The molecule has 2 heterocycles. The van der Waals surface area contributed by atoms with Gasteiger partial charge < -0.3 is 5.32 Å². The molecular weight excluding hydrogens is 551 g/mol. The molecule has 0 unspecified atom stereocenters. The summed E-state index contributed by atoms with van der Waals surface area (Å²) in [5, 5.41) is 12.5. The molecule has 5 aromatic rings.